The molecule has 0 spiro atoms. The smallest absolute Gasteiger partial charge is 0.214 e. The second kappa shape index (κ2) is 7.54. The highest BCUT2D eigenvalue weighted by Gasteiger charge is 2.09. The average Bonchev–Trinajstić information content (AvgIpc) is 2.37. The fraction of sp³-hybridized carbons (Fsp3) is 0.417. The normalized spacial score (nSPS) is 11.4. The minimum absolute atomic E-state index is 0.0359. The molecule has 5 nitrogen and oxygen atoms in total. The van der Waals surface area contributed by atoms with E-state index in [2.05, 4.69) is 4.72 Å². The number of hydrogen-bond acceptors (Lipinski definition) is 4. The molecule has 0 aliphatic rings. The van der Waals surface area contributed by atoms with E-state index in [-0.39, 0.29) is 18.9 Å². The van der Waals surface area contributed by atoms with Crippen molar-refractivity contribution < 1.29 is 13.2 Å². The van der Waals surface area contributed by atoms with Gasteiger partial charge in [0.25, 0.3) is 0 Å². The molecule has 0 radical (unpaired) electrons. The lowest BCUT2D eigenvalue weighted by Gasteiger charge is -2.07. The predicted octanol–water partition coefficient (Wildman–Crippen LogP) is 0.777. The van der Waals surface area contributed by atoms with Crippen molar-refractivity contribution in [3.8, 4) is 0 Å². The molecule has 0 aromatic heterocycles. The van der Waals surface area contributed by atoms with Gasteiger partial charge in [-0.15, -0.1) is 0 Å². The molecule has 0 atom stereocenters. The molecule has 0 bridgehead atoms. The lowest BCUT2D eigenvalue weighted by Crippen LogP contribution is -2.28. The van der Waals surface area contributed by atoms with Gasteiger partial charge in [0, 0.05) is 18.7 Å². The number of sulfonamides is 1. The number of rotatable bonds is 8. The lowest BCUT2D eigenvalue weighted by molar-refractivity contribution is 0.163. The maximum atomic E-state index is 11.6. The Morgan fingerprint density at radius 3 is 2.53 bits per heavy atom. The third-order valence-electron chi connectivity index (χ3n) is 2.44. The van der Waals surface area contributed by atoms with Gasteiger partial charge in [-0.05, 0) is 12.5 Å². The maximum absolute atomic E-state index is 11.6. The van der Waals surface area contributed by atoms with E-state index in [4.69, 9.17) is 22.7 Å². The van der Waals surface area contributed by atoms with Gasteiger partial charge in [0.15, 0.2) is 0 Å². The monoisotopic (exact) mass is 302 g/mol. The van der Waals surface area contributed by atoms with E-state index in [1.54, 1.807) is 24.3 Å². The van der Waals surface area contributed by atoms with Crippen LogP contribution in [0.25, 0.3) is 0 Å². The zero-order valence-electron chi connectivity index (χ0n) is 10.8. The number of nitrogens with one attached hydrogen (secondary N) is 1. The first-order valence-corrected chi connectivity index (χ1v) is 7.94. The molecular formula is C12H18N2O3S2. The Morgan fingerprint density at radius 1 is 1.37 bits per heavy atom. The van der Waals surface area contributed by atoms with Crippen LogP contribution in [0.5, 0.6) is 0 Å². The second-order valence-corrected chi connectivity index (χ2v) is 6.26. The van der Waals surface area contributed by atoms with Crippen LogP contribution in [0.4, 0.5) is 0 Å². The van der Waals surface area contributed by atoms with Gasteiger partial charge < -0.3 is 10.5 Å². The molecule has 1 aromatic rings. The molecule has 3 N–H and O–H groups in total. The molecule has 0 heterocycles. The highest BCUT2D eigenvalue weighted by molar-refractivity contribution is 7.89. The molecule has 1 aromatic carbocycles. The summed E-state index contributed by atoms with van der Waals surface area (Å²) in [5.74, 6) is -0.0359. The summed E-state index contributed by atoms with van der Waals surface area (Å²) in [7, 11) is -3.30. The highest BCUT2D eigenvalue weighted by Crippen LogP contribution is 2.04. The molecule has 106 valence electrons. The van der Waals surface area contributed by atoms with Gasteiger partial charge in [0.2, 0.25) is 10.0 Å². The van der Waals surface area contributed by atoms with Gasteiger partial charge >= 0.3 is 0 Å². The van der Waals surface area contributed by atoms with E-state index >= 15 is 0 Å². The second-order valence-electron chi connectivity index (χ2n) is 3.90. The molecule has 0 aliphatic heterocycles. The zero-order chi connectivity index (χ0) is 14.3. The van der Waals surface area contributed by atoms with E-state index in [1.165, 1.54) is 0 Å². The lowest BCUT2D eigenvalue weighted by atomic mass is 10.1. The topological polar surface area (TPSA) is 81.4 Å². The van der Waals surface area contributed by atoms with E-state index in [1.807, 2.05) is 6.92 Å². The number of thiocarbonyl (C=S) groups is 1. The molecule has 0 amide bonds. The summed E-state index contributed by atoms with van der Waals surface area (Å²) >= 11 is 4.84. The first-order valence-electron chi connectivity index (χ1n) is 5.88. The number of benzene rings is 1. The first-order chi connectivity index (χ1) is 8.94. The van der Waals surface area contributed by atoms with Crippen LogP contribution in [0.15, 0.2) is 24.3 Å². The molecule has 0 unspecified atom stereocenters. The van der Waals surface area contributed by atoms with Gasteiger partial charge in [-0.3, -0.25) is 0 Å². The Bertz CT molecular complexity index is 512. The number of hydrogen-bond donors (Lipinski definition) is 2. The van der Waals surface area contributed by atoms with Crippen molar-refractivity contribution in [2.24, 2.45) is 5.73 Å². The minimum Gasteiger partial charge on any atom is -0.389 e. The predicted molar refractivity (Wildman–Crippen MR) is 79.4 cm³/mol. The highest BCUT2D eigenvalue weighted by atomic mass is 32.2. The van der Waals surface area contributed by atoms with Crippen molar-refractivity contribution >= 4 is 27.2 Å². The zero-order valence-corrected chi connectivity index (χ0v) is 12.4. The summed E-state index contributed by atoms with van der Waals surface area (Å²) in [5, 5.41) is 0. The van der Waals surface area contributed by atoms with Crippen LogP contribution in [0.3, 0.4) is 0 Å². The molecule has 7 heteroatoms. The fourth-order valence-corrected chi connectivity index (χ4v) is 2.37. The van der Waals surface area contributed by atoms with Crippen molar-refractivity contribution in [3.63, 3.8) is 0 Å². The van der Waals surface area contributed by atoms with Gasteiger partial charge in [-0.2, -0.15) is 0 Å². The maximum Gasteiger partial charge on any atom is 0.214 e. The molecule has 19 heavy (non-hydrogen) atoms. The Morgan fingerprint density at radius 2 is 2.00 bits per heavy atom. The van der Waals surface area contributed by atoms with Crippen molar-refractivity contribution in [1.29, 1.82) is 0 Å². The quantitative estimate of drug-likeness (QED) is 0.548. The number of nitrogens with two attached hydrogens (primary N) is 1. The molecule has 0 aliphatic carbocycles. The van der Waals surface area contributed by atoms with E-state index in [9.17, 15) is 8.42 Å². The first kappa shape index (κ1) is 16.0. The van der Waals surface area contributed by atoms with Gasteiger partial charge in [-0.1, -0.05) is 36.5 Å². The van der Waals surface area contributed by atoms with Crippen molar-refractivity contribution in [1.82, 2.24) is 4.72 Å². The summed E-state index contributed by atoms with van der Waals surface area (Å²) < 4.78 is 30.8. The van der Waals surface area contributed by atoms with Crippen LogP contribution in [0.1, 0.15) is 18.1 Å². The molecule has 1 rings (SSSR count). The fourth-order valence-electron chi connectivity index (χ4n) is 1.37. The summed E-state index contributed by atoms with van der Waals surface area (Å²) in [6.45, 7) is 2.78. The molecule has 0 fully saturated rings. The van der Waals surface area contributed by atoms with Crippen LogP contribution >= 0.6 is 12.2 Å². The third-order valence-corrected chi connectivity index (χ3v) is 3.96. The van der Waals surface area contributed by atoms with Gasteiger partial charge in [0.1, 0.15) is 4.99 Å². The Hall–Kier alpha value is -1.02. The average molecular weight is 302 g/mol. The standard InChI is InChI=1S/C12H18N2O3S2/c1-2-17-7-8-19(15,16)14-9-10-3-5-11(6-4-10)12(13)18/h3-6,14H,2,7-9H2,1H3,(H2,13,18). The van der Waals surface area contributed by atoms with E-state index in [0.717, 1.165) is 11.1 Å². The summed E-state index contributed by atoms with van der Waals surface area (Å²) in [4.78, 5) is 0.323. The van der Waals surface area contributed by atoms with Crippen molar-refractivity contribution in [3.05, 3.63) is 35.4 Å². The Kier molecular flexibility index (Phi) is 6.36. The Labute approximate surface area is 119 Å². The third kappa shape index (κ3) is 6.11. The van der Waals surface area contributed by atoms with Crippen LogP contribution in [-0.2, 0) is 21.3 Å². The Balaban J connectivity index is 2.49. The van der Waals surface area contributed by atoms with Crippen LogP contribution in [0, 0.1) is 0 Å². The SMILES string of the molecule is CCOCCS(=O)(=O)NCc1ccc(C(N)=S)cc1. The summed E-state index contributed by atoms with van der Waals surface area (Å²) in [5.41, 5.74) is 7.09. The van der Waals surface area contributed by atoms with Crippen molar-refractivity contribution in [2.75, 3.05) is 19.0 Å². The molecular weight excluding hydrogens is 284 g/mol. The molecule has 0 saturated carbocycles. The van der Waals surface area contributed by atoms with Crippen molar-refractivity contribution in [2.45, 2.75) is 13.5 Å². The van der Waals surface area contributed by atoms with Crippen LogP contribution in [0.2, 0.25) is 0 Å². The summed E-state index contributed by atoms with van der Waals surface area (Å²) in [6, 6.07) is 7.12. The van der Waals surface area contributed by atoms with Crippen LogP contribution < -0.4 is 10.5 Å². The van der Waals surface area contributed by atoms with Gasteiger partial charge in [-0.25, -0.2) is 13.1 Å². The summed E-state index contributed by atoms with van der Waals surface area (Å²) in [6.07, 6.45) is 0. The van der Waals surface area contributed by atoms with Gasteiger partial charge in [0.05, 0.1) is 12.4 Å². The largest absolute Gasteiger partial charge is 0.389 e. The minimum atomic E-state index is -3.30. The van der Waals surface area contributed by atoms with E-state index in [0.29, 0.717) is 11.6 Å². The van der Waals surface area contributed by atoms with E-state index < -0.39 is 10.0 Å². The molecule has 0 saturated heterocycles. The number of ether oxygens (including phenoxy) is 1. The van der Waals surface area contributed by atoms with Crippen LogP contribution in [-0.4, -0.2) is 32.4 Å².